The lowest BCUT2D eigenvalue weighted by molar-refractivity contribution is 0.102. The summed E-state index contributed by atoms with van der Waals surface area (Å²) in [6.07, 6.45) is 2.86. The number of nitrogens with one attached hydrogen (secondary N) is 2. The highest BCUT2D eigenvalue weighted by molar-refractivity contribution is 6.32. The molecule has 0 spiro atoms. The van der Waals surface area contributed by atoms with E-state index in [0.717, 1.165) is 5.56 Å². The third kappa shape index (κ3) is 5.36. The minimum absolute atomic E-state index is 0.0496. The van der Waals surface area contributed by atoms with E-state index < -0.39 is 5.82 Å². The van der Waals surface area contributed by atoms with Crippen molar-refractivity contribution < 1.29 is 13.9 Å². The molecule has 2 aromatic heterocycles. The van der Waals surface area contributed by atoms with Gasteiger partial charge in [0, 0.05) is 29.7 Å². The highest BCUT2D eigenvalue weighted by Crippen LogP contribution is 2.33. The summed E-state index contributed by atoms with van der Waals surface area (Å²) >= 11 is 6.03. The number of nitrogen functional groups attached to an aromatic ring is 1. The zero-order valence-electron chi connectivity index (χ0n) is 17.5. The fraction of sp³-hybridized carbons (Fsp3) is 0.0417. The molecule has 0 radical (unpaired) electrons. The van der Waals surface area contributed by atoms with Gasteiger partial charge in [0.2, 0.25) is 0 Å². The second-order valence-corrected chi connectivity index (χ2v) is 7.54. The lowest BCUT2D eigenvalue weighted by atomic mass is 10.2. The smallest absolute Gasteiger partial charge is 0.259 e. The Bertz CT molecular complexity index is 1310. The normalized spacial score (nSPS) is 10.5. The largest absolute Gasteiger partial charge is 0.453 e. The number of aryl methyl sites for hydroxylation is 1. The van der Waals surface area contributed by atoms with Gasteiger partial charge >= 0.3 is 0 Å². The molecule has 4 rings (SSSR count). The van der Waals surface area contributed by atoms with Crippen LogP contribution < -0.4 is 21.1 Å². The van der Waals surface area contributed by atoms with Crippen molar-refractivity contribution in [3.63, 3.8) is 0 Å². The quantitative estimate of drug-likeness (QED) is 0.326. The van der Waals surface area contributed by atoms with Crippen molar-refractivity contribution in [3.05, 3.63) is 95.0 Å². The Morgan fingerprint density at radius 1 is 1.03 bits per heavy atom. The van der Waals surface area contributed by atoms with Crippen LogP contribution in [0, 0.1) is 12.7 Å². The number of carbonyl (C=O) groups excluding carboxylic acids is 1. The molecule has 0 saturated heterocycles. The fourth-order valence-corrected chi connectivity index (χ4v) is 3.10. The van der Waals surface area contributed by atoms with Gasteiger partial charge in [-0.3, -0.25) is 4.79 Å². The second-order valence-electron chi connectivity index (χ2n) is 7.13. The fourth-order valence-electron chi connectivity index (χ4n) is 2.95. The molecular formula is C24H19ClFN5O2. The maximum Gasteiger partial charge on any atom is 0.259 e. The van der Waals surface area contributed by atoms with E-state index in [1.165, 1.54) is 30.6 Å². The molecule has 2 aromatic carbocycles. The van der Waals surface area contributed by atoms with Crippen LogP contribution in [-0.4, -0.2) is 15.9 Å². The number of halogens is 2. The molecule has 0 fully saturated rings. The number of hydrogen-bond acceptors (Lipinski definition) is 6. The van der Waals surface area contributed by atoms with E-state index in [4.69, 9.17) is 22.1 Å². The minimum atomic E-state index is -0.645. The number of pyridine rings is 2. The van der Waals surface area contributed by atoms with Crippen molar-refractivity contribution in [2.45, 2.75) is 6.92 Å². The van der Waals surface area contributed by atoms with E-state index in [2.05, 4.69) is 20.6 Å². The zero-order valence-corrected chi connectivity index (χ0v) is 18.2. The summed E-state index contributed by atoms with van der Waals surface area (Å²) in [6.45, 7) is 1.96. The summed E-state index contributed by atoms with van der Waals surface area (Å²) in [4.78, 5) is 20.8. The van der Waals surface area contributed by atoms with Gasteiger partial charge in [-0.2, -0.15) is 0 Å². The molecule has 0 saturated carbocycles. The molecule has 4 N–H and O–H groups in total. The number of amides is 1. The van der Waals surface area contributed by atoms with Crippen LogP contribution in [0.4, 0.5) is 27.4 Å². The van der Waals surface area contributed by atoms with Gasteiger partial charge in [0.1, 0.15) is 16.7 Å². The molecule has 9 heteroatoms. The van der Waals surface area contributed by atoms with E-state index in [0.29, 0.717) is 16.9 Å². The van der Waals surface area contributed by atoms with Crippen molar-refractivity contribution in [1.82, 2.24) is 9.97 Å². The number of ether oxygens (including phenoxy) is 1. The first-order chi connectivity index (χ1) is 15.9. The van der Waals surface area contributed by atoms with Crippen molar-refractivity contribution in [3.8, 4) is 11.5 Å². The van der Waals surface area contributed by atoms with Crippen LogP contribution in [-0.2, 0) is 0 Å². The number of rotatable bonds is 6. The van der Waals surface area contributed by atoms with E-state index in [1.807, 2.05) is 31.2 Å². The monoisotopic (exact) mass is 463 g/mol. The number of aromatic nitrogens is 2. The van der Waals surface area contributed by atoms with Crippen LogP contribution in [0.5, 0.6) is 11.5 Å². The molecule has 166 valence electrons. The van der Waals surface area contributed by atoms with Crippen LogP contribution in [0.1, 0.15) is 15.9 Å². The average Bonchev–Trinajstić information content (AvgIpc) is 2.80. The van der Waals surface area contributed by atoms with E-state index in [9.17, 15) is 9.18 Å². The SMILES string of the molecule is Cc1ccc(NC(=O)c2cccnc2Nc2ccc(Oc3cc(N)ncc3Cl)c(F)c2)cc1. The molecule has 7 nitrogen and oxygen atoms in total. The Balaban J connectivity index is 1.52. The first-order valence-electron chi connectivity index (χ1n) is 9.87. The number of anilines is 4. The highest BCUT2D eigenvalue weighted by atomic mass is 35.5. The van der Waals surface area contributed by atoms with Crippen molar-refractivity contribution in [1.29, 1.82) is 0 Å². The first-order valence-corrected chi connectivity index (χ1v) is 10.3. The Kier molecular flexibility index (Phi) is 6.37. The predicted octanol–water partition coefficient (Wildman–Crippen LogP) is 5.95. The topological polar surface area (TPSA) is 102 Å². The predicted molar refractivity (Wildman–Crippen MR) is 127 cm³/mol. The molecule has 0 aliphatic carbocycles. The number of benzene rings is 2. The third-order valence-corrected chi connectivity index (χ3v) is 4.90. The van der Waals surface area contributed by atoms with Crippen molar-refractivity contribution in [2.75, 3.05) is 16.4 Å². The first kappa shape index (κ1) is 22.0. The van der Waals surface area contributed by atoms with Gasteiger partial charge in [0.25, 0.3) is 5.91 Å². The Hall–Kier alpha value is -4.17. The molecule has 33 heavy (non-hydrogen) atoms. The summed E-state index contributed by atoms with van der Waals surface area (Å²) in [5.41, 5.74) is 8.05. The molecule has 0 atom stereocenters. The van der Waals surface area contributed by atoms with Crippen LogP contribution in [0.2, 0.25) is 5.02 Å². The Labute approximate surface area is 194 Å². The summed E-state index contributed by atoms with van der Waals surface area (Å²) in [5, 5.41) is 6.00. The zero-order chi connectivity index (χ0) is 23.4. The summed E-state index contributed by atoms with van der Waals surface area (Å²) < 4.78 is 20.2. The van der Waals surface area contributed by atoms with Crippen LogP contribution in [0.15, 0.2) is 73.1 Å². The molecule has 0 unspecified atom stereocenters. The van der Waals surface area contributed by atoms with E-state index in [-0.39, 0.29) is 34.1 Å². The van der Waals surface area contributed by atoms with Crippen LogP contribution in [0.3, 0.4) is 0 Å². The van der Waals surface area contributed by atoms with Crippen LogP contribution >= 0.6 is 11.6 Å². The maximum absolute atomic E-state index is 14.7. The Morgan fingerprint density at radius 2 is 1.79 bits per heavy atom. The standard InChI is InChI=1S/C24H19ClFN5O2/c1-14-4-6-15(7-5-14)31-24(32)17-3-2-10-28-23(17)30-16-8-9-20(19(26)11-16)33-21-12-22(27)29-13-18(21)25/h2-13H,1H3,(H2,27,29)(H,28,30)(H,31,32). The van der Waals surface area contributed by atoms with Gasteiger partial charge in [0.15, 0.2) is 17.3 Å². The molecule has 0 bridgehead atoms. The maximum atomic E-state index is 14.7. The van der Waals surface area contributed by atoms with Gasteiger partial charge in [-0.15, -0.1) is 0 Å². The van der Waals surface area contributed by atoms with Gasteiger partial charge < -0.3 is 21.1 Å². The molecular weight excluding hydrogens is 445 g/mol. The minimum Gasteiger partial charge on any atom is -0.453 e. The van der Waals surface area contributed by atoms with Gasteiger partial charge in [-0.1, -0.05) is 29.3 Å². The lowest BCUT2D eigenvalue weighted by Crippen LogP contribution is -2.14. The molecule has 0 aliphatic rings. The van der Waals surface area contributed by atoms with E-state index >= 15 is 0 Å². The summed E-state index contributed by atoms with van der Waals surface area (Å²) in [7, 11) is 0. The molecule has 4 aromatic rings. The second kappa shape index (κ2) is 9.54. The molecule has 0 aliphatic heterocycles. The summed E-state index contributed by atoms with van der Waals surface area (Å²) in [5.74, 6) is -0.386. The number of hydrogen-bond donors (Lipinski definition) is 3. The molecule has 1 amide bonds. The Morgan fingerprint density at radius 3 is 2.55 bits per heavy atom. The van der Waals surface area contributed by atoms with Gasteiger partial charge in [-0.25, -0.2) is 14.4 Å². The number of nitrogens with zero attached hydrogens (tertiary/aromatic N) is 2. The van der Waals surface area contributed by atoms with Crippen molar-refractivity contribution in [2.24, 2.45) is 0 Å². The van der Waals surface area contributed by atoms with E-state index in [1.54, 1.807) is 18.2 Å². The third-order valence-electron chi connectivity index (χ3n) is 4.62. The van der Waals surface area contributed by atoms with Gasteiger partial charge in [-0.05, 0) is 43.3 Å². The molecule has 2 heterocycles. The lowest BCUT2D eigenvalue weighted by Gasteiger charge is -2.13. The number of carbonyl (C=O) groups is 1. The van der Waals surface area contributed by atoms with Crippen molar-refractivity contribution >= 4 is 40.5 Å². The van der Waals surface area contributed by atoms with Gasteiger partial charge in [0.05, 0.1) is 11.8 Å². The highest BCUT2D eigenvalue weighted by Gasteiger charge is 2.15. The average molecular weight is 464 g/mol. The van der Waals surface area contributed by atoms with Crippen LogP contribution in [0.25, 0.3) is 0 Å². The number of nitrogens with two attached hydrogens (primary N) is 1. The summed E-state index contributed by atoms with van der Waals surface area (Å²) in [6, 6.07) is 16.4.